The van der Waals surface area contributed by atoms with Gasteiger partial charge in [0.15, 0.2) is 0 Å². The number of phenols is 1. The number of halogens is 1. The smallest absolute Gasteiger partial charge is 0.274 e. The Morgan fingerprint density at radius 2 is 1.81 bits per heavy atom. The number of hydrogen-bond acceptors (Lipinski definition) is 7. The number of nitrogens with one attached hydrogen (secondary N) is 1. The Morgan fingerprint density at radius 1 is 1.02 bits per heavy atom. The minimum atomic E-state index is -0.650. The van der Waals surface area contributed by atoms with Crippen LogP contribution in [0.1, 0.15) is 22.6 Å². The second-order valence-electron chi connectivity index (χ2n) is 9.68. The van der Waals surface area contributed by atoms with Crippen LogP contribution in [0.15, 0.2) is 96.2 Å². The van der Waals surface area contributed by atoms with Gasteiger partial charge in [-0.05, 0) is 53.6 Å². The molecular weight excluding hydrogens is 568 g/mol. The van der Waals surface area contributed by atoms with Crippen LogP contribution >= 0.6 is 22.9 Å². The van der Waals surface area contributed by atoms with Gasteiger partial charge in [0, 0.05) is 22.3 Å². The van der Waals surface area contributed by atoms with E-state index in [0.717, 1.165) is 11.3 Å². The Kier molecular flexibility index (Phi) is 6.08. The normalized spacial score (nSPS) is 14.4. The molecule has 0 saturated carbocycles. The molecule has 10 heteroatoms. The van der Waals surface area contributed by atoms with Crippen LogP contribution in [-0.4, -0.2) is 24.2 Å². The minimum absolute atomic E-state index is 0.0451. The molecule has 0 fully saturated rings. The first-order valence-corrected chi connectivity index (χ1v) is 14.1. The van der Waals surface area contributed by atoms with Crippen LogP contribution < -0.4 is 20.2 Å². The van der Waals surface area contributed by atoms with Crippen molar-refractivity contribution in [3.8, 4) is 23.3 Å². The second kappa shape index (κ2) is 9.96. The summed E-state index contributed by atoms with van der Waals surface area (Å²) in [5, 5.41) is 31.3. The fraction of sp³-hybridized carbons (Fsp3) is 0.0312. The molecule has 3 aromatic carbocycles. The fourth-order valence-corrected chi connectivity index (χ4v) is 6.61. The van der Waals surface area contributed by atoms with E-state index in [4.69, 9.17) is 16.6 Å². The van der Waals surface area contributed by atoms with Gasteiger partial charge in [0.2, 0.25) is 0 Å². The molecule has 0 aliphatic carbocycles. The molecule has 2 N–H and O–H groups in total. The van der Waals surface area contributed by atoms with E-state index in [2.05, 4.69) is 11.1 Å². The molecule has 0 saturated heterocycles. The highest BCUT2D eigenvalue weighted by Gasteiger charge is 2.33. The highest BCUT2D eigenvalue weighted by molar-refractivity contribution is 7.07. The van der Waals surface area contributed by atoms with Gasteiger partial charge in [-0.2, -0.15) is 5.26 Å². The van der Waals surface area contributed by atoms with Gasteiger partial charge in [0.1, 0.15) is 33.6 Å². The molecular formula is C32H19ClN6O2S. The number of hydrogen-bond donors (Lipinski definition) is 2. The summed E-state index contributed by atoms with van der Waals surface area (Å²) in [7, 11) is 0. The summed E-state index contributed by atoms with van der Waals surface area (Å²) in [4.78, 5) is 23.0. The van der Waals surface area contributed by atoms with Crippen LogP contribution in [0.25, 0.3) is 34.1 Å². The largest absolute Gasteiger partial charge is 0.506 e. The first-order valence-electron chi connectivity index (χ1n) is 12.9. The summed E-state index contributed by atoms with van der Waals surface area (Å²) in [5.74, 6) is -0.300. The van der Waals surface area contributed by atoms with Crippen molar-refractivity contribution in [2.45, 2.75) is 5.92 Å². The van der Waals surface area contributed by atoms with E-state index in [9.17, 15) is 20.6 Å². The highest BCUT2D eigenvalue weighted by atomic mass is 35.5. The van der Waals surface area contributed by atoms with E-state index in [-0.39, 0.29) is 16.8 Å². The van der Waals surface area contributed by atoms with Gasteiger partial charge in [0.25, 0.3) is 5.56 Å². The number of fused-ring (bicyclic) bond motifs is 4. The predicted octanol–water partition coefficient (Wildman–Crippen LogP) is 4.12. The zero-order chi connectivity index (χ0) is 29.0. The number of aromatic hydroxyl groups is 1. The number of benzene rings is 3. The molecule has 0 amide bonds. The predicted molar refractivity (Wildman–Crippen MR) is 161 cm³/mol. The van der Waals surface area contributed by atoms with Gasteiger partial charge < -0.3 is 5.11 Å². The summed E-state index contributed by atoms with van der Waals surface area (Å²) < 4.78 is 3.91. The average Bonchev–Trinajstić information content (AvgIpc) is 3.34. The number of nitrogens with zero attached hydrogens (tertiary/aromatic N) is 5. The lowest BCUT2D eigenvalue weighted by Gasteiger charge is -2.25. The van der Waals surface area contributed by atoms with E-state index in [1.807, 2.05) is 48.5 Å². The maximum atomic E-state index is 14.0. The third-order valence-corrected chi connectivity index (χ3v) is 8.66. The van der Waals surface area contributed by atoms with Crippen LogP contribution in [0.3, 0.4) is 0 Å². The molecule has 3 aromatic heterocycles. The van der Waals surface area contributed by atoms with Crippen molar-refractivity contribution in [3.05, 3.63) is 138 Å². The van der Waals surface area contributed by atoms with Crippen molar-refractivity contribution in [2.75, 3.05) is 0 Å². The van der Waals surface area contributed by atoms with Crippen molar-refractivity contribution in [3.63, 3.8) is 0 Å². The number of aromatic nitrogens is 4. The molecule has 0 radical (unpaired) electrons. The topological polar surface area (TPSA) is 121 Å². The van der Waals surface area contributed by atoms with Gasteiger partial charge in [-0.3, -0.25) is 19.8 Å². The fourth-order valence-electron chi connectivity index (χ4n) is 5.37. The lowest BCUT2D eigenvalue weighted by molar-refractivity contribution is 0.480. The van der Waals surface area contributed by atoms with E-state index < -0.39 is 5.92 Å². The molecule has 1 unspecified atom stereocenters. The van der Waals surface area contributed by atoms with Crippen molar-refractivity contribution in [1.82, 2.24) is 19.1 Å². The summed E-state index contributed by atoms with van der Waals surface area (Å²) in [6.07, 6.45) is 4.87. The zero-order valence-corrected chi connectivity index (χ0v) is 23.3. The second-order valence-corrected chi connectivity index (χ2v) is 11.1. The number of rotatable bonds is 3. The Hall–Kier alpha value is -5.30. The molecule has 7 rings (SSSR count). The Labute approximate surface area is 247 Å². The third-order valence-electron chi connectivity index (χ3n) is 7.30. The Morgan fingerprint density at radius 3 is 2.57 bits per heavy atom. The Bertz CT molecular complexity index is 2330. The molecule has 6 aromatic rings. The number of nitriles is 1. The summed E-state index contributed by atoms with van der Waals surface area (Å²) in [6.45, 7) is 0. The van der Waals surface area contributed by atoms with Crippen LogP contribution in [0, 0.1) is 16.7 Å². The summed E-state index contributed by atoms with van der Waals surface area (Å²) >= 11 is 7.39. The van der Waals surface area contributed by atoms with E-state index in [0.29, 0.717) is 47.6 Å². The molecule has 0 bridgehead atoms. The standard InChI is InChI=1S/C32H19ClN6O2S/c33-20-11-8-18(9-12-20)26-23(16-34)32-39(30-27(26)29(35)38(17-37-30)21-5-2-1-3-6-21)31(41)25(42-32)15-19-10-13-24(40)28-22(19)7-4-14-36-28/h1-15,17,26,35,40H/b25-15+,35-29?. The van der Waals surface area contributed by atoms with Gasteiger partial charge in [-0.15, -0.1) is 11.3 Å². The molecule has 8 nitrogen and oxygen atoms in total. The maximum Gasteiger partial charge on any atom is 0.274 e. The highest BCUT2D eigenvalue weighted by Crippen LogP contribution is 2.35. The quantitative estimate of drug-likeness (QED) is 0.323. The molecule has 1 aliphatic heterocycles. The number of pyridine rings is 1. The van der Waals surface area contributed by atoms with Crippen molar-refractivity contribution in [1.29, 1.82) is 10.7 Å². The van der Waals surface area contributed by atoms with Gasteiger partial charge >= 0.3 is 0 Å². The van der Waals surface area contributed by atoms with Gasteiger partial charge in [-0.1, -0.05) is 54.1 Å². The first kappa shape index (κ1) is 25.7. The van der Waals surface area contributed by atoms with Crippen LogP contribution in [0.4, 0.5) is 0 Å². The van der Waals surface area contributed by atoms with Gasteiger partial charge in [-0.25, -0.2) is 9.55 Å². The van der Waals surface area contributed by atoms with Crippen LogP contribution in [0.5, 0.6) is 5.75 Å². The van der Waals surface area contributed by atoms with Crippen molar-refractivity contribution < 1.29 is 5.11 Å². The number of thiazole rings is 1. The Balaban J connectivity index is 1.57. The third kappa shape index (κ3) is 3.96. The van der Waals surface area contributed by atoms with Crippen molar-refractivity contribution >= 4 is 45.5 Å². The first-order chi connectivity index (χ1) is 20.5. The maximum absolute atomic E-state index is 14.0. The lowest BCUT2D eigenvalue weighted by atomic mass is 9.85. The van der Waals surface area contributed by atoms with E-state index in [1.54, 1.807) is 47.2 Å². The monoisotopic (exact) mass is 586 g/mol. The molecule has 0 spiro atoms. The van der Waals surface area contributed by atoms with E-state index in [1.165, 1.54) is 22.2 Å². The van der Waals surface area contributed by atoms with Crippen LogP contribution in [0.2, 0.25) is 5.02 Å². The van der Waals surface area contributed by atoms with Crippen molar-refractivity contribution in [2.24, 2.45) is 0 Å². The van der Waals surface area contributed by atoms with E-state index >= 15 is 0 Å². The average molecular weight is 587 g/mol. The molecule has 42 heavy (non-hydrogen) atoms. The van der Waals surface area contributed by atoms with Crippen LogP contribution in [-0.2, 0) is 0 Å². The minimum Gasteiger partial charge on any atom is -0.506 e. The molecule has 202 valence electrons. The zero-order valence-electron chi connectivity index (χ0n) is 21.7. The van der Waals surface area contributed by atoms with Gasteiger partial charge in [0.05, 0.1) is 27.7 Å². The molecule has 1 aliphatic rings. The number of para-hydroxylation sites is 1. The summed E-state index contributed by atoms with van der Waals surface area (Å²) in [5.41, 5.74) is 3.16. The molecule has 4 heterocycles. The summed E-state index contributed by atoms with van der Waals surface area (Å²) in [6, 6.07) is 25.7. The SMILES string of the molecule is N#CC1=c2s/c(=C/c3ccc(O)c4ncccc34)c(=O)n2-c2ncn(-c3ccccc3)c(=N)c2C1c1ccc(Cl)cc1. The molecule has 1 atom stereocenters. The lowest BCUT2D eigenvalue weighted by Crippen LogP contribution is -2.40. The number of phenolic OH excluding ortho intramolecular Hbond substituents is 1.